The van der Waals surface area contributed by atoms with Crippen LogP contribution in [-0.4, -0.2) is 13.6 Å². The van der Waals surface area contributed by atoms with Crippen LogP contribution in [-0.2, 0) is 0 Å². The molecule has 2 heteroatoms. The minimum atomic E-state index is 0.446. The van der Waals surface area contributed by atoms with Gasteiger partial charge in [0, 0.05) is 5.75 Å². The predicted octanol–water partition coefficient (Wildman–Crippen LogP) is 2.65. The first-order chi connectivity index (χ1) is 4.83. The highest BCUT2D eigenvalue weighted by Gasteiger charge is 2.10. The van der Waals surface area contributed by atoms with Crippen molar-refractivity contribution in [3.8, 4) is 0 Å². The molecule has 0 saturated heterocycles. The maximum Gasteiger partial charge on any atom is 0.134 e. The molecule has 0 rings (SSSR count). The van der Waals surface area contributed by atoms with Gasteiger partial charge in [0.05, 0.1) is 0 Å². The summed E-state index contributed by atoms with van der Waals surface area (Å²) in [6, 6.07) is 0. The van der Waals surface area contributed by atoms with Crippen molar-refractivity contribution in [2.75, 3.05) is 5.75 Å². The van der Waals surface area contributed by atoms with Gasteiger partial charge >= 0.3 is 0 Å². The third-order valence-corrected chi connectivity index (χ3v) is 3.28. The summed E-state index contributed by atoms with van der Waals surface area (Å²) in [4.78, 5) is 1.47. The van der Waals surface area contributed by atoms with E-state index in [0.717, 1.165) is 0 Å². The van der Waals surface area contributed by atoms with Gasteiger partial charge in [0.2, 0.25) is 0 Å². The Morgan fingerprint density at radius 2 is 1.73 bits per heavy atom. The summed E-state index contributed by atoms with van der Waals surface area (Å²) in [7, 11) is 2.17. The molecule has 0 aromatic carbocycles. The highest BCUT2D eigenvalue weighted by atomic mass is 32.2. The molecule has 0 N–H and O–H groups in total. The van der Waals surface area contributed by atoms with Crippen molar-refractivity contribution < 1.29 is 0 Å². The van der Waals surface area contributed by atoms with Gasteiger partial charge in [-0.05, 0) is 17.2 Å². The average molecular weight is 170 g/mol. The van der Waals surface area contributed by atoms with Gasteiger partial charge in [0.25, 0.3) is 0 Å². The summed E-state index contributed by atoms with van der Waals surface area (Å²) in [5, 5.41) is 0. The van der Waals surface area contributed by atoms with E-state index in [-0.39, 0.29) is 0 Å². The van der Waals surface area contributed by atoms with E-state index in [2.05, 4.69) is 42.5 Å². The fourth-order valence-corrected chi connectivity index (χ4v) is 1.41. The summed E-state index contributed by atoms with van der Waals surface area (Å²) >= 11 is 1.97. The molecule has 0 aliphatic carbocycles. The van der Waals surface area contributed by atoms with Crippen LogP contribution in [0.2, 0.25) is 0 Å². The minimum absolute atomic E-state index is 0.446. The van der Waals surface area contributed by atoms with E-state index in [1.807, 2.05) is 11.8 Å². The van der Waals surface area contributed by atoms with Crippen LogP contribution in [0.25, 0.3) is 0 Å². The molecule has 0 unspecified atom stereocenters. The van der Waals surface area contributed by atoms with Gasteiger partial charge in [0.15, 0.2) is 0 Å². The SMILES string of the molecule is B/C(C)=C(\C)SCC(C)(C)C. The van der Waals surface area contributed by atoms with Crippen LogP contribution in [0.4, 0.5) is 0 Å². The number of hydrogen-bond donors (Lipinski definition) is 0. The number of hydrogen-bond acceptors (Lipinski definition) is 1. The molecule has 0 saturated carbocycles. The molecular formula is C9H19BS. The van der Waals surface area contributed by atoms with Gasteiger partial charge < -0.3 is 0 Å². The Morgan fingerprint density at radius 3 is 2.00 bits per heavy atom. The largest absolute Gasteiger partial charge is 0.134 e. The Kier molecular flexibility index (Phi) is 4.31. The predicted molar refractivity (Wildman–Crippen MR) is 58.8 cm³/mol. The number of rotatable bonds is 2. The quantitative estimate of drug-likeness (QED) is 0.574. The molecule has 0 atom stereocenters. The highest BCUT2D eigenvalue weighted by molar-refractivity contribution is 8.03. The van der Waals surface area contributed by atoms with E-state index in [4.69, 9.17) is 0 Å². The van der Waals surface area contributed by atoms with E-state index in [0.29, 0.717) is 5.41 Å². The van der Waals surface area contributed by atoms with Crippen molar-refractivity contribution in [2.45, 2.75) is 34.6 Å². The van der Waals surface area contributed by atoms with Crippen molar-refractivity contribution in [3.63, 3.8) is 0 Å². The molecule has 0 aliphatic heterocycles. The fraction of sp³-hybridized carbons (Fsp3) is 0.778. The van der Waals surface area contributed by atoms with E-state index < -0.39 is 0 Å². The molecule has 0 radical (unpaired) electrons. The Morgan fingerprint density at radius 1 is 1.27 bits per heavy atom. The molecule has 0 nitrogen and oxygen atoms in total. The fourth-order valence-electron chi connectivity index (χ4n) is 0.469. The normalized spacial score (nSPS) is 14.6. The minimum Gasteiger partial charge on any atom is -0.131 e. The zero-order chi connectivity index (χ0) is 9.07. The zero-order valence-corrected chi connectivity index (χ0v) is 9.43. The smallest absolute Gasteiger partial charge is 0.131 e. The van der Waals surface area contributed by atoms with Crippen LogP contribution < -0.4 is 0 Å². The van der Waals surface area contributed by atoms with Crippen molar-refractivity contribution in [1.82, 2.24) is 0 Å². The Bertz CT molecular complexity index is 149. The molecule has 0 spiro atoms. The van der Waals surface area contributed by atoms with Crippen LogP contribution >= 0.6 is 11.8 Å². The van der Waals surface area contributed by atoms with Crippen LogP contribution in [0.3, 0.4) is 0 Å². The molecule has 0 amide bonds. The summed E-state index contributed by atoms with van der Waals surface area (Å²) in [6.07, 6.45) is 0. The van der Waals surface area contributed by atoms with Gasteiger partial charge in [0.1, 0.15) is 7.85 Å². The standard InChI is InChI=1S/C9H19BS/c1-7(10)8(2)11-6-9(3,4)5/h6,10H2,1-5H3/b8-7+. The summed E-state index contributed by atoms with van der Waals surface area (Å²) < 4.78 is 0. The van der Waals surface area contributed by atoms with Gasteiger partial charge in [-0.3, -0.25) is 0 Å². The maximum absolute atomic E-state index is 2.28. The Labute approximate surface area is 76.2 Å². The first-order valence-electron chi connectivity index (χ1n) is 4.10. The van der Waals surface area contributed by atoms with Crippen molar-refractivity contribution in [3.05, 3.63) is 10.4 Å². The second-order valence-corrected chi connectivity index (χ2v) is 5.60. The van der Waals surface area contributed by atoms with Crippen molar-refractivity contribution in [2.24, 2.45) is 5.41 Å². The first-order valence-corrected chi connectivity index (χ1v) is 5.08. The second kappa shape index (κ2) is 4.25. The molecule has 11 heavy (non-hydrogen) atoms. The second-order valence-electron chi connectivity index (χ2n) is 4.41. The van der Waals surface area contributed by atoms with Crippen LogP contribution in [0, 0.1) is 5.41 Å². The molecule has 0 bridgehead atoms. The topological polar surface area (TPSA) is 0 Å². The molecular weight excluding hydrogens is 151 g/mol. The van der Waals surface area contributed by atoms with Crippen LogP contribution in [0.1, 0.15) is 34.6 Å². The van der Waals surface area contributed by atoms with Gasteiger partial charge in [-0.1, -0.05) is 27.7 Å². The van der Waals surface area contributed by atoms with Gasteiger partial charge in [-0.15, -0.1) is 17.2 Å². The van der Waals surface area contributed by atoms with E-state index in [9.17, 15) is 0 Å². The van der Waals surface area contributed by atoms with Gasteiger partial charge in [-0.25, -0.2) is 0 Å². The van der Waals surface area contributed by atoms with Crippen LogP contribution in [0.5, 0.6) is 0 Å². The lowest BCUT2D eigenvalue weighted by molar-refractivity contribution is 0.481. The van der Waals surface area contributed by atoms with Gasteiger partial charge in [-0.2, -0.15) is 0 Å². The third kappa shape index (κ3) is 6.55. The van der Waals surface area contributed by atoms with E-state index >= 15 is 0 Å². The lowest BCUT2D eigenvalue weighted by Crippen LogP contribution is -2.08. The van der Waals surface area contributed by atoms with E-state index in [1.165, 1.54) is 16.1 Å². The zero-order valence-electron chi connectivity index (χ0n) is 8.62. The third-order valence-electron chi connectivity index (χ3n) is 1.43. The molecule has 0 heterocycles. The lowest BCUT2D eigenvalue weighted by Gasteiger charge is -2.17. The molecule has 0 aromatic heterocycles. The number of allylic oxidation sites excluding steroid dienone is 2. The Hall–Kier alpha value is 0.155. The lowest BCUT2D eigenvalue weighted by atomic mass is 9.98. The monoisotopic (exact) mass is 170 g/mol. The Balaban J connectivity index is 3.82. The molecule has 64 valence electrons. The van der Waals surface area contributed by atoms with Crippen molar-refractivity contribution in [1.29, 1.82) is 0 Å². The number of thioether (sulfide) groups is 1. The summed E-state index contributed by atoms with van der Waals surface area (Å²) in [5.74, 6) is 1.21. The summed E-state index contributed by atoms with van der Waals surface area (Å²) in [6.45, 7) is 11.2. The van der Waals surface area contributed by atoms with Crippen molar-refractivity contribution >= 4 is 19.6 Å². The molecule has 0 fully saturated rings. The van der Waals surface area contributed by atoms with E-state index in [1.54, 1.807) is 0 Å². The maximum atomic E-state index is 2.28. The highest BCUT2D eigenvalue weighted by Crippen LogP contribution is 2.26. The molecule has 0 aromatic rings. The van der Waals surface area contributed by atoms with Crippen LogP contribution in [0.15, 0.2) is 10.4 Å². The summed E-state index contributed by atoms with van der Waals surface area (Å²) in [5.41, 5.74) is 1.89. The first kappa shape index (κ1) is 11.2. The molecule has 0 aliphatic rings. The average Bonchev–Trinajstić information content (AvgIpc) is 1.80.